The smallest absolute Gasteiger partial charge is 0.407 e. The number of pyridine rings is 1. The summed E-state index contributed by atoms with van der Waals surface area (Å²) in [6, 6.07) is 2.89. The normalized spacial score (nSPS) is 11.0. The van der Waals surface area contributed by atoms with Gasteiger partial charge < -0.3 is 10.1 Å². The van der Waals surface area contributed by atoms with Gasteiger partial charge in [-0.15, -0.1) is 0 Å². The Morgan fingerprint density at radius 1 is 1.56 bits per heavy atom. The molecule has 16 heavy (non-hydrogen) atoms. The molecule has 0 unspecified atom stereocenters. The average Bonchev–Trinajstić information content (AvgIpc) is 2.12. The van der Waals surface area contributed by atoms with Gasteiger partial charge in [0, 0.05) is 12.7 Å². The molecule has 0 radical (unpaired) electrons. The first-order chi connectivity index (χ1) is 7.37. The number of hydrogen-bond acceptors (Lipinski definition) is 3. The van der Waals surface area contributed by atoms with Crippen molar-refractivity contribution < 1.29 is 13.9 Å². The first-order valence-electron chi connectivity index (χ1n) is 4.94. The molecule has 0 aromatic carbocycles. The van der Waals surface area contributed by atoms with E-state index in [4.69, 9.17) is 4.74 Å². The zero-order valence-electron chi connectivity index (χ0n) is 9.58. The summed E-state index contributed by atoms with van der Waals surface area (Å²) in [6.45, 7) is 5.55. The van der Waals surface area contributed by atoms with E-state index >= 15 is 0 Å². The van der Waals surface area contributed by atoms with Gasteiger partial charge in [-0.3, -0.25) is 0 Å². The highest BCUT2D eigenvalue weighted by Crippen LogP contribution is 2.07. The Balaban J connectivity index is 2.43. The first-order valence-corrected chi connectivity index (χ1v) is 4.94. The highest BCUT2D eigenvalue weighted by Gasteiger charge is 2.15. The molecule has 0 aliphatic rings. The molecule has 0 saturated carbocycles. The second-order valence-corrected chi connectivity index (χ2v) is 4.34. The molecule has 1 aromatic rings. The van der Waals surface area contributed by atoms with E-state index in [1.807, 2.05) is 0 Å². The van der Waals surface area contributed by atoms with Crippen LogP contribution in [0.15, 0.2) is 18.3 Å². The molecule has 0 bridgehead atoms. The van der Waals surface area contributed by atoms with Crippen LogP contribution in [0.1, 0.15) is 26.3 Å². The third kappa shape index (κ3) is 4.72. The molecule has 1 N–H and O–H groups in total. The number of nitrogens with zero attached hydrogens (tertiary/aromatic N) is 1. The van der Waals surface area contributed by atoms with Gasteiger partial charge in [0.25, 0.3) is 0 Å². The maximum Gasteiger partial charge on any atom is 0.407 e. The van der Waals surface area contributed by atoms with Gasteiger partial charge in [0.15, 0.2) is 0 Å². The Hall–Kier alpha value is -1.65. The molecule has 1 heterocycles. The second-order valence-electron chi connectivity index (χ2n) is 4.34. The molecule has 0 atom stereocenters. The molecule has 0 spiro atoms. The Kier molecular flexibility index (Phi) is 3.82. The van der Waals surface area contributed by atoms with Gasteiger partial charge in [-0.2, -0.15) is 4.39 Å². The Morgan fingerprint density at radius 3 is 2.81 bits per heavy atom. The molecule has 1 amide bonds. The summed E-state index contributed by atoms with van der Waals surface area (Å²) in [5.41, 5.74) is 0.103. The van der Waals surface area contributed by atoms with Crippen LogP contribution >= 0.6 is 0 Å². The van der Waals surface area contributed by atoms with Crippen molar-refractivity contribution in [3.05, 3.63) is 29.8 Å². The van der Waals surface area contributed by atoms with Crippen LogP contribution in [0.3, 0.4) is 0 Å². The van der Waals surface area contributed by atoms with E-state index in [9.17, 15) is 9.18 Å². The zero-order chi connectivity index (χ0) is 12.2. The molecule has 4 nitrogen and oxygen atoms in total. The summed E-state index contributed by atoms with van der Waals surface area (Å²) in [7, 11) is 0. The number of ether oxygens (including phenoxy) is 1. The summed E-state index contributed by atoms with van der Waals surface area (Å²) in [5.74, 6) is -0.566. The zero-order valence-corrected chi connectivity index (χ0v) is 9.58. The number of carbonyl (C=O) groups is 1. The highest BCUT2D eigenvalue weighted by atomic mass is 19.1. The number of rotatable bonds is 2. The SMILES string of the molecule is CC(C)(C)OC(=O)NCc1ccnc(F)c1. The fourth-order valence-electron chi connectivity index (χ4n) is 1.04. The molecule has 0 fully saturated rings. The van der Waals surface area contributed by atoms with Crippen molar-refractivity contribution in [2.75, 3.05) is 0 Å². The summed E-state index contributed by atoms with van der Waals surface area (Å²) < 4.78 is 17.7. The van der Waals surface area contributed by atoms with E-state index in [1.54, 1.807) is 26.8 Å². The standard InChI is InChI=1S/C11H15FN2O2/c1-11(2,3)16-10(15)14-7-8-4-5-13-9(12)6-8/h4-6H,7H2,1-3H3,(H,14,15). The highest BCUT2D eigenvalue weighted by molar-refractivity contribution is 5.67. The Bertz CT molecular complexity index is 374. The van der Waals surface area contributed by atoms with Crippen LogP contribution in [0.4, 0.5) is 9.18 Å². The summed E-state index contributed by atoms with van der Waals surface area (Å²) in [5, 5.41) is 2.53. The average molecular weight is 226 g/mol. The van der Waals surface area contributed by atoms with Gasteiger partial charge >= 0.3 is 6.09 Å². The summed E-state index contributed by atoms with van der Waals surface area (Å²) >= 11 is 0. The fraction of sp³-hybridized carbons (Fsp3) is 0.455. The number of aromatic nitrogens is 1. The van der Waals surface area contributed by atoms with E-state index in [2.05, 4.69) is 10.3 Å². The van der Waals surface area contributed by atoms with E-state index in [-0.39, 0.29) is 6.54 Å². The van der Waals surface area contributed by atoms with Crippen molar-refractivity contribution in [2.24, 2.45) is 0 Å². The van der Waals surface area contributed by atoms with Gasteiger partial charge in [0.2, 0.25) is 5.95 Å². The maximum atomic E-state index is 12.7. The minimum Gasteiger partial charge on any atom is -0.444 e. The molecule has 88 valence electrons. The van der Waals surface area contributed by atoms with Crippen LogP contribution in [0.5, 0.6) is 0 Å². The van der Waals surface area contributed by atoms with Crippen LogP contribution in [-0.2, 0) is 11.3 Å². The molecule has 0 aliphatic heterocycles. The third-order valence-electron chi connectivity index (χ3n) is 1.63. The van der Waals surface area contributed by atoms with E-state index in [0.29, 0.717) is 5.56 Å². The Morgan fingerprint density at radius 2 is 2.25 bits per heavy atom. The topological polar surface area (TPSA) is 51.2 Å². The molecule has 5 heteroatoms. The lowest BCUT2D eigenvalue weighted by Crippen LogP contribution is -2.32. The van der Waals surface area contributed by atoms with Crippen molar-refractivity contribution in [1.29, 1.82) is 0 Å². The van der Waals surface area contributed by atoms with Crippen LogP contribution in [0, 0.1) is 5.95 Å². The van der Waals surface area contributed by atoms with Crippen LogP contribution in [0.25, 0.3) is 0 Å². The molecule has 0 aliphatic carbocycles. The van der Waals surface area contributed by atoms with Crippen molar-refractivity contribution in [2.45, 2.75) is 32.9 Å². The minimum atomic E-state index is -0.566. The number of amides is 1. The lowest BCUT2D eigenvalue weighted by atomic mass is 10.2. The maximum absolute atomic E-state index is 12.7. The quantitative estimate of drug-likeness (QED) is 0.787. The number of nitrogens with one attached hydrogen (secondary N) is 1. The molecule has 1 rings (SSSR count). The van der Waals surface area contributed by atoms with Crippen LogP contribution in [-0.4, -0.2) is 16.7 Å². The van der Waals surface area contributed by atoms with Crippen molar-refractivity contribution in [1.82, 2.24) is 10.3 Å². The predicted molar refractivity (Wildman–Crippen MR) is 57.3 cm³/mol. The van der Waals surface area contributed by atoms with Gasteiger partial charge in [-0.25, -0.2) is 9.78 Å². The predicted octanol–water partition coefficient (Wildman–Crippen LogP) is 2.25. The van der Waals surface area contributed by atoms with E-state index in [0.717, 1.165) is 0 Å². The van der Waals surface area contributed by atoms with Gasteiger partial charge in [0.05, 0.1) is 0 Å². The minimum absolute atomic E-state index is 0.217. The lowest BCUT2D eigenvalue weighted by Gasteiger charge is -2.19. The van der Waals surface area contributed by atoms with Crippen molar-refractivity contribution >= 4 is 6.09 Å². The molecular weight excluding hydrogens is 211 g/mol. The van der Waals surface area contributed by atoms with E-state index in [1.165, 1.54) is 12.3 Å². The van der Waals surface area contributed by atoms with Crippen LogP contribution in [0.2, 0.25) is 0 Å². The molecule has 1 aromatic heterocycles. The van der Waals surface area contributed by atoms with Crippen LogP contribution < -0.4 is 5.32 Å². The van der Waals surface area contributed by atoms with Crippen molar-refractivity contribution in [3.63, 3.8) is 0 Å². The summed E-state index contributed by atoms with van der Waals surface area (Å²) in [4.78, 5) is 14.7. The van der Waals surface area contributed by atoms with Crippen molar-refractivity contribution in [3.8, 4) is 0 Å². The van der Waals surface area contributed by atoms with Gasteiger partial charge in [-0.05, 0) is 38.5 Å². The number of alkyl carbamates (subject to hydrolysis) is 1. The molecular formula is C11H15FN2O2. The summed E-state index contributed by atoms with van der Waals surface area (Å²) in [6.07, 6.45) is 0.825. The monoisotopic (exact) mass is 226 g/mol. The number of halogens is 1. The first kappa shape index (κ1) is 12.4. The number of hydrogen-bond donors (Lipinski definition) is 1. The second kappa shape index (κ2) is 4.92. The number of carbonyl (C=O) groups excluding carboxylic acids is 1. The molecule has 0 saturated heterocycles. The fourth-order valence-corrected chi connectivity index (χ4v) is 1.04. The van der Waals surface area contributed by atoms with Gasteiger partial charge in [0.1, 0.15) is 5.60 Å². The van der Waals surface area contributed by atoms with Gasteiger partial charge in [-0.1, -0.05) is 0 Å². The third-order valence-corrected chi connectivity index (χ3v) is 1.63. The largest absolute Gasteiger partial charge is 0.444 e. The Labute approximate surface area is 93.8 Å². The van der Waals surface area contributed by atoms with E-state index < -0.39 is 17.6 Å². The lowest BCUT2D eigenvalue weighted by molar-refractivity contribution is 0.0523.